The van der Waals surface area contributed by atoms with E-state index in [1.54, 1.807) is 32.4 Å². The number of anilines is 1. The van der Waals surface area contributed by atoms with Crippen molar-refractivity contribution >= 4 is 24.0 Å². The first-order chi connectivity index (χ1) is 14.1. The molecular formula is C22H30ClN3O4. The highest BCUT2D eigenvalue weighted by Crippen LogP contribution is 2.29. The number of amides is 1. The van der Waals surface area contributed by atoms with Gasteiger partial charge in [0.2, 0.25) is 0 Å². The lowest BCUT2D eigenvalue weighted by Crippen LogP contribution is -2.47. The quantitative estimate of drug-likeness (QED) is 0.695. The highest BCUT2D eigenvalue weighted by atomic mass is 35.5. The predicted octanol–water partition coefficient (Wildman–Crippen LogP) is 2.34. The standard InChI is InChI=1S/C22H29N3O4.ClH/c1-23-22(27)17-14-16(8-9-20(17)28-2)19(26)15-24-10-12-25(13-11-24)18-6-4-5-7-21(18)29-3;/h4-9,14,19,26H,10-13,15H2,1-3H3,(H,23,27);1H. The van der Waals surface area contributed by atoms with Gasteiger partial charge < -0.3 is 24.8 Å². The molecule has 0 saturated carbocycles. The van der Waals surface area contributed by atoms with E-state index in [-0.39, 0.29) is 18.3 Å². The second kappa shape index (κ2) is 11.1. The SMILES string of the molecule is CNC(=O)c1cc(C(O)CN2CCN(c3ccccc3OC)CC2)ccc1OC.Cl. The molecule has 1 atom stereocenters. The Morgan fingerprint density at radius 2 is 1.73 bits per heavy atom. The largest absolute Gasteiger partial charge is 0.496 e. The Labute approximate surface area is 184 Å². The van der Waals surface area contributed by atoms with E-state index in [9.17, 15) is 9.90 Å². The topological polar surface area (TPSA) is 74.3 Å². The number of para-hydroxylation sites is 2. The number of methoxy groups -OCH3 is 2. The smallest absolute Gasteiger partial charge is 0.254 e. The highest BCUT2D eigenvalue weighted by molar-refractivity contribution is 5.97. The Morgan fingerprint density at radius 1 is 1.07 bits per heavy atom. The molecule has 0 bridgehead atoms. The molecule has 1 unspecified atom stereocenters. The van der Waals surface area contributed by atoms with E-state index in [4.69, 9.17) is 9.47 Å². The van der Waals surface area contributed by atoms with E-state index in [1.807, 2.05) is 18.2 Å². The molecule has 1 amide bonds. The van der Waals surface area contributed by atoms with Gasteiger partial charge in [0.25, 0.3) is 5.91 Å². The number of carbonyl (C=O) groups is 1. The molecule has 1 fully saturated rings. The lowest BCUT2D eigenvalue weighted by Gasteiger charge is -2.37. The molecule has 30 heavy (non-hydrogen) atoms. The summed E-state index contributed by atoms with van der Waals surface area (Å²) in [5.41, 5.74) is 2.23. The number of halogens is 1. The van der Waals surface area contributed by atoms with Gasteiger partial charge in [-0.25, -0.2) is 0 Å². The molecule has 0 aromatic heterocycles. The average Bonchev–Trinajstić information content (AvgIpc) is 2.78. The van der Waals surface area contributed by atoms with Crippen LogP contribution in [0.15, 0.2) is 42.5 Å². The van der Waals surface area contributed by atoms with Gasteiger partial charge in [-0.1, -0.05) is 18.2 Å². The van der Waals surface area contributed by atoms with Crippen LogP contribution in [0, 0.1) is 0 Å². The first-order valence-electron chi connectivity index (χ1n) is 9.75. The van der Waals surface area contributed by atoms with Crippen LogP contribution in [-0.4, -0.2) is 69.9 Å². The van der Waals surface area contributed by atoms with Crippen molar-refractivity contribution < 1.29 is 19.4 Å². The molecular weight excluding hydrogens is 406 g/mol. The number of rotatable bonds is 7. The minimum atomic E-state index is -0.679. The summed E-state index contributed by atoms with van der Waals surface area (Å²) in [5.74, 6) is 1.13. The summed E-state index contributed by atoms with van der Waals surface area (Å²) in [4.78, 5) is 16.6. The number of aliphatic hydroxyl groups is 1. The van der Waals surface area contributed by atoms with Gasteiger partial charge in [0.1, 0.15) is 11.5 Å². The maximum atomic E-state index is 12.1. The summed E-state index contributed by atoms with van der Waals surface area (Å²) in [7, 11) is 4.79. The van der Waals surface area contributed by atoms with Crippen molar-refractivity contribution in [3.63, 3.8) is 0 Å². The van der Waals surface area contributed by atoms with Crippen molar-refractivity contribution in [3.05, 3.63) is 53.6 Å². The van der Waals surface area contributed by atoms with Gasteiger partial charge in [0.15, 0.2) is 0 Å². The number of ether oxygens (including phenoxy) is 2. The first kappa shape index (κ1) is 23.8. The number of hydrogen-bond acceptors (Lipinski definition) is 6. The van der Waals surface area contributed by atoms with E-state index in [0.29, 0.717) is 23.4 Å². The van der Waals surface area contributed by atoms with Crippen LogP contribution in [-0.2, 0) is 0 Å². The van der Waals surface area contributed by atoms with Crippen LogP contribution in [0.25, 0.3) is 0 Å². The highest BCUT2D eigenvalue weighted by Gasteiger charge is 2.23. The predicted molar refractivity (Wildman–Crippen MR) is 120 cm³/mol. The van der Waals surface area contributed by atoms with Crippen LogP contribution < -0.4 is 19.7 Å². The van der Waals surface area contributed by atoms with Gasteiger partial charge in [0.05, 0.1) is 31.6 Å². The maximum absolute atomic E-state index is 12.1. The fourth-order valence-corrected chi connectivity index (χ4v) is 3.66. The maximum Gasteiger partial charge on any atom is 0.254 e. The van der Waals surface area contributed by atoms with Crippen molar-refractivity contribution in [2.75, 3.05) is 58.9 Å². The zero-order valence-corrected chi connectivity index (χ0v) is 18.4. The third-order valence-corrected chi connectivity index (χ3v) is 5.31. The van der Waals surface area contributed by atoms with Crippen LogP contribution in [0.4, 0.5) is 5.69 Å². The van der Waals surface area contributed by atoms with Gasteiger partial charge in [-0.15, -0.1) is 12.4 Å². The van der Waals surface area contributed by atoms with Crippen LogP contribution in [0.2, 0.25) is 0 Å². The van der Waals surface area contributed by atoms with Crippen molar-refractivity contribution in [3.8, 4) is 11.5 Å². The van der Waals surface area contributed by atoms with E-state index >= 15 is 0 Å². The number of aliphatic hydroxyl groups excluding tert-OH is 1. The molecule has 0 radical (unpaired) electrons. The molecule has 0 spiro atoms. The Balaban J connectivity index is 0.00000320. The van der Waals surface area contributed by atoms with Gasteiger partial charge in [-0.3, -0.25) is 9.69 Å². The second-order valence-electron chi connectivity index (χ2n) is 7.01. The van der Waals surface area contributed by atoms with Crippen molar-refractivity contribution in [1.29, 1.82) is 0 Å². The number of β-amino-alcohol motifs (C(OH)–C–C–N with tert-alkyl or cyclic N) is 1. The Morgan fingerprint density at radius 3 is 2.37 bits per heavy atom. The molecule has 1 aliphatic rings. The number of carbonyl (C=O) groups excluding carboxylic acids is 1. The lowest BCUT2D eigenvalue weighted by molar-refractivity contribution is 0.0958. The molecule has 7 nitrogen and oxygen atoms in total. The monoisotopic (exact) mass is 435 g/mol. The summed E-state index contributed by atoms with van der Waals surface area (Å²) in [5, 5.41) is 13.3. The summed E-state index contributed by atoms with van der Waals surface area (Å²) in [6, 6.07) is 13.3. The molecule has 1 aliphatic heterocycles. The third kappa shape index (κ3) is 5.36. The van der Waals surface area contributed by atoms with E-state index < -0.39 is 6.10 Å². The van der Waals surface area contributed by atoms with Crippen molar-refractivity contribution in [2.24, 2.45) is 0 Å². The molecule has 2 N–H and O–H groups in total. The number of nitrogens with zero attached hydrogens (tertiary/aromatic N) is 2. The van der Waals surface area contributed by atoms with Gasteiger partial charge in [0, 0.05) is 39.8 Å². The zero-order chi connectivity index (χ0) is 20.8. The average molecular weight is 436 g/mol. The lowest BCUT2D eigenvalue weighted by atomic mass is 10.0. The Hall–Kier alpha value is -2.48. The van der Waals surface area contributed by atoms with Crippen LogP contribution in [0.5, 0.6) is 11.5 Å². The fourth-order valence-electron chi connectivity index (χ4n) is 3.66. The second-order valence-corrected chi connectivity index (χ2v) is 7.01. The molecule has 2 aromatic rings. The molecule has 8 heteroatoms. The summed E-state index contributed by atoms with van der Waals surface area (Å²) >= 11 is 0. The number of nitrogens with one attached hydrogen (secondary N) is 1. The van der Waals surface area contributed by atoms with Crippen LogP contribution in [0.3, 0.4) is 0 Å². The molecule has 1 heterocycles. The summed E-state index contributed by atoms with van der Waals surface area (Å²) in [6.07, 6.45) is -0.679. The zero-order valence-electron chi connectivity index (χ0n) is 17.6. The van der Waals surface area contributed by atoms with E-state index in [1.165, 1.54) is 7.11 Å². The third-order valence-electron chi connectivity index (χ3n) is 5.31. The minimum absolute atomic E-state index is 0. The Bertz CT molecular complexity index is 841. The number of piperazine rings is 1. The molecule has 2 aromatic carbocycles. The molecule has 1 saturated heterocycles. The first-order valence-corrected chi connectivity index (χ1v) is 9.75. The van der Waals surface area contributed by atoms with Gasteiger partial charge in [-0.05, 0) is 29.8 Å². The Kier molecular flexibility index (Phi) is 8.77. The van der Waals surface area contributed by atoms with Crippen molar-refractivity contribution in [2.45, 2.75) is 6.10 Å². The summed E-state index contributed by atoms with van der Waals surface area (Å²) in [6.45, 7) is 3.92. The summed E-state index contributed by atoms with van der Waals surface area (Å²) < 4.78 is 10.7. The molecule has 0 aliphatic carbocycles. The van der Waals surface area contributed by atoms with E-state index in [2.05, 4.69) is 21.2 Å². The number of benzene rings is 2. The van der Waals surface area contributed by atoms with Crippen LogP contribution in [0.1, 0.15) is 22.0 Å². The molecule has 164 valence electrons. The van der Waals surface area contributed by atoms with Gasteiger partial charge in [-0.2, -0.15) is 0 Å². The minimum Gasteiger partial charge on any atom is -0.496 e. The number of hydrogen-bond donors (Lipinski definition) is 2. The van der Waals surface area contributed by atoms with Crippen molar-refractivity contribution in [1.82, 2.24) is 10.2 Å². The molecule has 3 rings (SSSR count). The normalized spacial score (nSPS) is 15.1. The van der Waals surface area contributed by atoms with E-state index in [0.717, 1.165) is 37.6 Å². The van der Waals surface area contributed by atoms with Crippen LogP contribution >= 0.6 is 12.4 Å². The fraction of sp³-hybridized carbons (Fsp3) is 0.409. The van der Waals surface area contributed by atoms with Gasteiger partial charge >= 0.3 is 0 Å².